The lowest BCUT2D eigenvalue weighted by Gasteiger charge is -2.21. The molecule has 1 fully saturated rings. The fourth-order valence-corrected chi connectivity index (χ4v) is 2.81. The van der Waals surface area contributed by atoms with Crippen LogP contribution in [0.15, 0.2) is 6.20 Å². The third-order valence-electron chi connectivity index (χ3n) is 3.75. The number of fused-ring (bicyclic) bond motifs is 1. The second kappa shape index (κ2) is 4.78. The van der Waals surface area contributed by atoms with Crippen LogP contribution in [0, 0.1) is 0 Å². The molecule has 94 valence electrons. The van der Waals surface area contributed by atoms with Crippen LogP contribution in [-0.4, -0.2) is 27.4 Å². The first-order valence-corrected chi connectivity index (χ1v) is 6.69. The molecule has 0 radical (unpaired) electrons. The van der Waals surface area contributed by atoms with Crippen molar-refractivity contribution in [1.29, 1.82) is 0 Å². The molecule has 0 saturated carbocycles. The molecule has 0 aromatic carbocycles. The van der Waals surface area contributed by atoms with Crippen LogP contribution in [0.5, 0.6) is 0 Å². The predicted molar refractivity (Wildman–Crippen MR) is 63.7 cm³/mol. The van der Waals surface area contributed by atoms with Gasteiger partial charge in [-0.15, -0.1) is 0 Å². The smallest absolute Gasteiger partial charge is 0.131 e. The van der Waals surface area contributed by atoms with Crippen molar-refractivity contribution >= 4 is 0 Å². The van der Waals surface area contributed by atoms with Crippen molar-refractivity contribution in [2.45, 2.75) is 57.3 Å². The number of hydrogen-bond acceptors (Lipinski definition) is 3. The minimum absolute atomic E-state index is 0.331. The van der Waals surface area contributed by atoms with Gasteiger partial charge in [0.05, 0.1) is 11.8 Å². The number of aromatic nitrogens is 2. The van der Waals surface area contributed by atoms with Crippen molar-refractivity contribution in [2.75, 3.05) is 6.61 Å². The molecule has 0 spiro atoms. The van der Waals surface area contributed by atoms with Gasteiger partial charge in [-0.05, 0) is 32.1 Å². The number of aliphatic hydroxyl groups excluding tert-OH is 1. The monoisotopic (exact) mass is 236 g/mol. The van der Waals surface area contributed by atoms with Crippen molar-refractivity contribution in [3.05, 3.63) is 17.7 Å². The molecule has 1 aromatic heterocycles. The van der Waals surface area contributed by atoms with Gasteiger partial charge >= 0.3 is 0 Å². The number of aryl methyl sites for hydroxylation is 1. The Labute approximate surface area is 102 Å². The van der Waals surface area contributed by atoms with Crippen molar-refractivity contribution < 1.29 is 9.84 Å². The van der Waals surface area contributed by atoms with Gasteiger partial charge < -0.3 is 14.4 Å². The van der Waals surface area contributed by atoms with E-state index in [1.165, 1.54) is 12.8 Å². The molecule has 2 aliphatic rings. The quantitative estimate of drug-likeness (QED) is 0.852. The molecule has 1 saturated heterocycles. The molecule has 0 aliphatic carbocycles. The van der Waals surface area contributed by atoms with Gasteiger partial charge in [0.15, 0.2) is 0 Å². The zero-order valence-electron chi connectivity index (χ0n) is 10.1. The van der Waals surface area contributed by atoms with E-state index < -0.39 is 0 Å². The minimum Gasteiger partial charge on any atom is -0.378 e. The van der Waals surface area contributed by atoms with E-state index in [1.807, 2.05) is 10.8 Å². The molecule has 4 heteroatoms. The molecule has 17 heavy (non-hydrogen) atoms. The Bertz CT molecular complexity index is 383. The molecule has 1 N–H and O–H groups in total. The maximum atomic E-state index is 9.87. The van der Waals surface area contributed by atoms with Crippen molar-refractivity contribution in [2.24, 2.45) is 0 Å². The summed E-state index contributed by atoms with van der Waals surface area (Å²) in [7, 11) is 0. The van der Waals surface area contributed by atoms with E-state index >= 15 is 0 Å². The molecule has 2 atom stereocenters. The van der Waals surface area contributed by atoms with Crippen LogP contribution >= 0.6 is 0 Å². The molecule has 4 nitrogen and oxygen atoms in total. The van der Waals surface area contributed by atoms with Gasteiger partial charge in [0.2, 0.25) is 0 Å². The van der Waals surface area contributed by atoms with E-state index in [2.05, 4.69) is 4.98 Å². The molecule has 1 aromatic rings. The van der Waals surface area contributed by atoms with Crippen LogP contribution in [0.25, 0.3) is 0 Å². The first-order valence-electron chi connectivity index (χ1n) is 6.69. The average Bonchev–Trinajstić information content (AvgIpc) is 2.74. The predicted octanol–water partition coefficient (Wildman–Crippen LogP) is 1.82. The molecule has 0 bridgehead atoms. The van der Waals surface area contributed by atoms with Gasteiger partial charge in [-0.3, -0.25) is 0 Å². The normalized spacial score (nSPS) is 29.0. The van der Waals surface area contributed by atoms with Crippen LogP contribution in [0.3, 0.4) is 0 Å². The fourth-order valence-electron chi connectivity index (χ4n) is 2.81. The summed E-state index contributed by atoms with van der Waals surface area (Å²) >= 11 is 0. The molecule has 2 aliphatic heterocycles. The topological polar surface area (TPSA) is 47.3 Å². The Morgan fingerprint density at radius 2 is 2.29 bits per heavy atom. The van der Waals surface area contributed by atoms with Crippen LogP contribution < -0.4 is 0 Å². The number of imidazole rings is 1. The third-order valence-corrected chi connectivity index (χ3v) is 3.75. The maximum absolute atomic E-state index is 9.87. The number of aliphatic hydroxyl groups is 1. The Hall–Kier alpha value is -0.870. The summed E-state index contributed by atoms with van der Waals surface area (Å²) in [5, 5.41) is 9.87. The Morgan fingerprint density at radius 3 is 3.06 bits per heavy atom. The lowest BCUT2D eigenvalue weighted by Crippen LogP contribution is -2.21. The highest BCUT2D eigenvalue weighted by Gasteiger charge is 2.21. The summed E-state index contributed by atoms with van der Waals surface area (Å²) in [4.78, 5) is 4.62. The number of nitrogens with zero attached hydrogens (tertiary/aromatic N) is 2. The van der Waals surface area contributed by atoms with Gasteiger partial charge in [0, 0.05) is 25.6 Å². The number of rotatable bonds is 2. The summed E-state index contributed by atoms with van der Waals surface area (Å²) in [5.74, 6) is 1.04. The highest BCUT2D eigenvalue weighted by Crippen LogP contribution is 2.24. The van der Waals surface area contributed by atoms with Crippen molar-refractivity contribution in [3.63, 3.8) is 0 Å². The van der Waals surface area contributed by atoms with Crippen molar-refractivity contribution in [3.8, 4) is 0 Å². The van der Waals surface area contributed by atoms with Crippen LogP contribution in [0.4, 0.5) is 0 Å². The van der Waals surface area contributed by atoms with E-state index in [4.69, 9.17) is 4.74 Å². The zero-order chi connectivity index (χ0) is 11.7. The first-order chi connectivity index (χ1) is 8.33. The van der Waals surface area contributed by atoms with E-state index in [1.54, 1.807) is 0 Å². The van der Waals surface area contributed by atoms with E-state index in [0.29, 0.717) is 6.10 Å². The lowest BCUT2D eigenvalue weighted by atomic mass is 10.1. The molecule has 0 amide bonds. The van der Waals surface area contributed by atoms with Gasteiger partial charge in [-0.25, -0.2) is 4.98 Å². The highest BCUT2D eigenvalue weighted by atomic mass is 16.5. The standard InChI is InChI=1S/C13H20N2O2/c16-13-6-3-5-12-14-10(9-15(12)13)8-11-4-1-2-7-17-11/h9,11,13,16H,1-8H2. The second-order valence-corrected chi connectivity index (χ2v) is 5.12. The van der Waals surface area contributed by atoms with Crippen LogP contribution in [0.1, 0.15) is 49.9 Å². The highest BCUT2D eigenvalue weighted by molar-refractivity contribution is 5.08. The van der Waals surface area contributed by atoms with E-state index in [0.717, 1.165) is 50.2 Å². The van der Waals surface area contributed by atoms with Gasteiger partial charge in [-0.2, -0.15) is 0 Å². The van der Waals surface area contributed by atoms with Gasteiger partial charge in [-0.1, -0.05) is 0 Å². The Kier molecular flexibility index (Phi) is 3.16. The van der Waals surface area contributed by atoms with Crippen LogP contribution in [0.2, 0.25) is 0 Å². The SMILES string of the molecule is OC1CCCc2nc(CC3CCCCO3)cn21. The second-order valence-electron chi connectivity index (χ2n) is 5.12. The average molecular weight is 236 g/mol. The molecule has 2 unspecified atom stereocenters. The zero-order valence-corrected chi connectivity index (χ0v) is 10.1. The van der Waals surface area contributed by atoms with E-state index in [9.17, 15) is 5.11 Å². The summed E-state index contributed by atoms with van der Waals surface area (Å²) in [6.45, 7) is 0.890. The molecular weight excluding hydrogens is 216 g/mol. The molecule has 3 heterocycles. The number of ether oxygens (including phenoxy) is 1. The van der Waals surface area contributed by atoms with Gasteiger partial charge in [0.1, 0.15) is 12.1 Å². The Balaban J connectivity index is 1.71. The van der Waals surface area contributed by atoms with E-state index in [-0.39, 0.29) is 6.23 Å². The van der Waals surface area contributed by atoms with Crippen molar-refractivity contribution in [1.82, 2.24) is 9.55 Å². The number of hydrogen-bond donors (Lipinski definition) is 1. The fraction of sp³-hybridized carbons (Fsp3) is 0.769. The summed E-state index contributed by atoms with van der Waals surface area (Å²) in [5.41, 5.74) is 1.08. The maximum Gasteiger partial charge on any atom is 0.131 e. The summed E-state index contributed by atoms with van der Waals surface area (Å²) < 4.78 is 7.66. The molecular formula is C13H20N2O2. The Morgan fingerprint density at radius 1 is 1.35 bits per heavy atom. The third kappa shape index (κ3) is 2.38. The van der Waals surface area contributed by atoms with Gasteiger partial charge in [0.25, 0.3) is 0 Å². The lowest BCUT2D eigenvalue weighted by molar-refractivity contribution is 0.0162. The largest absolute Gasteiger partial charge is 0.378 e. The summed E-state index contributed by atoms with van der Waals surface area (Å²) in [6.07, 6.45) is 9.35. The molecule has 3 rings (SSSR count). The summed E-state index contributed by atoms with van der Waals surface area (Å²) in [6, 6.07) is 0. The first kappa shape index (κ1) is 11.2. The van der Waals surface area contributed by atoms with Crippen LogP contribution in [-0.2, 0) is 17.6 Å². The minimum atomic E-state index is -0.368.